The summed E-state index contributed by atoms with van der Waals surface area (Å²) in [6.07, 6.45) is 2.61. The van der Waals surface area contributed by atoms with E-state index in [1.54, 1.807) is 35.2 Å². The van der Waals surface area contributed by atoms with Gasteiger partial charge in [0, 0.05) is 25.6 Å². The number of piperidine rings is 1. The maximum atomic E-state index is 14.6. The molecule has 8 heteroatoms. The Morgan fingerprint density at radius 1 is 1.25 bits per heavy atom. The van der Waals surface area contributed by atoms with Gasteiger partial charge < -0.3 is 19.9 Å². The number of hydrogen-bond donors (Lipinski definition) is 2. The average molecular weight is 439 g/mol. The molecule has 0 spiro atoms. The maximum absolute atomic E-state index is 14.6. The monoisotopic (exact) mass is 438 g/mol. The number of aliphatic hydroxyl groups is 1. The van der Waals surface area contributed by atoms with Gasteiger partial charge in [0.05, 0.1) is 34.9 Å². The molecule has 2 aromatic carbocycles. The van der Waals surface area contributed by atoms with Crippen LogP contribution >= 0.6 is 0 Å². The Kier molecular flexibility index (Phi) is 6.23. The van der Waals surface area contributed by atoms with Gasteiger partial charge in [0.15, 0.2) is 0 Å². The van der Waals surface area contributed by atoms with Gasteiger partial charge in [0.25, 0.3) is 5.91 Å². The molecule has 7 nitrogen and oxygen atoms in total. The summed E-state index contributed by atoms with van der Waals surface area (Å²) in [5.41, 5.74) is 2.31. The first-order valence-electron chi connectivity index (χ1n) is 10.9. The van der Waals surface area contributed by atoms with E-state index >= 15 is 0 Å². The van der Waals surface area contributed by atoms with Crippen LogP contribution in [0.3, 0.4) is 0 Å². The predicted octanol–water partition coefficient (Wildman–Crippen LogP) is 3.81. The molecular weight excluding hydrogens is 411 g/mol. The van der Waals surface area contributed by atoms with Crippen LogP contribution in [0, 0.1) is 5.82 Å². The number of halogens is 1. The number of aliphatic hydroxyl groups excluding tert-OH is 1. The normalized spacial score (nSPS) is 16.4. The highest BCUT2D eigenvalue weighted by atomic mass is 19.1. The minimum atomic E-state index is -0.394. The molecule has 1 aliphatic heterocycles. The Morgan fingerprint density at radius 3 is 2.72 bits per heavy atom. The molecule has 1 aromatic heterocycles. The van der Waals surface area contributed by atoms with Crippen LogP contribution in [0.4, 0.5) is 10.1 Å². The number of carbonyl (C=O) groups excluding carboxylic acids is 2. The molecule has 4 rings (SSSR count). The van der Waals surface area contributed by atoms with E-state index in [2.05, 4.69) is 10.3 Å². The second-order valence-electron chi connectivity index (χ2n) is 8.06. The minimum Gasteiger partial charge on any atom is -0.394 e. The Hall–Kier alpha value is -3.26. The van der Waals surface area contributed by atoms with Crippen LogP contribution in [-0.2, 0) is 11.3 Å². The van der Waals surface area contributed by atoms with E-state index in [-0.39, 0.29) is 24.5 Å². The van der Waals surface area contributed by atoms with Crippen molar-refractivity contribution in [1.82, 2.24) is 14.5 Å². The maximum Gasteiger partial charge on any atom is 0.254 e. The third kappa shape index (κ3) is 3.98. The number of aromatic nitrogens is 2. The largest absolute Gasteiger partial charge is 0.394 e. The van der Waals surface area contributed by atoms with Crippen LogP contribution < -0.4 is 5.32 Å². The summed E-state index contributed by atoms with van der Waals surface area (Å²) in [5.74, 6) is -0.453. The standard InChI is InChI=1S/C24H27FN4O3/c1-3-28-22-20(26-15(2)31)12-16(24(32)29-11-7-6-8-17(29)14-30)13-21(22)27-23(28)18-9-4-5-10-19(18)25/h4-5,9-10,12-13,17,30H,3,6-8,11,14H2,1-2H3,(H,26,31)/t17-/m1/s1. The van der Waals surface area contributed by atoms with Crippen LogP contribution in [0.25, 0.3) is 22.4 Å². The Bertz CT molecular complexity index is 1170. The average Bonchev–Trinajstić information content (AvgIpc) is 3.17. The molecule has 0 aliphatic carbocycles. The van der Waals surface area contributed by atoms with Crippen molar-refractivity contribution < 1.29 is 19.1 Å². The molecule has 2 amide bonds. The molecule has 2 heterocycles. The van der Waals surface area contributed by atoms with Gasteiger partial charge in [-0.1, -0.05) is 12.1 Å². The van der Waals surface area contributed by atoms with E-state index in [0.717, 1.165) is 19.3 Å². The van der Waals surface area contributed by atoms with E-state index in [1.807, 2.05) is 11.5 Å². The van der Waals surface area contributed by atoms with Crippen molar-refractivity contribution >= 4 is 28.5 Å². The minimum absolute atomic E-state index is 0.0889. The van der Waals surface area contributed by atoms with Crippen molar-refractivity contribution in [2.24, 2.45) is 0 Å². The molecule has 1 fully saturated rings. The number of fused-ring (bicyclic) bond motifs is 1. The number of nitrogens with one attached hydrogen (secondary N) is 1. The number of hydrogen-bond acceptors (Lipinski definition) is 4. The molecule has 1 atom stereocenters. The summed E-state index contributed by atoms with van der Waals surface area (Å²) in [7, 11) is 0. The SMILES string of the molecule is CCn1c(-c2ccccc2F)nc2cc(C(=O)N3CCCC[C@@H]3CO)cc(NC(C)=O)c21. The molecule has 168 valence electrons. The van der Waals surface area contributed by atoms with Crippen molar-refractivity contribution in [1.29, 1.82) is 0 Å². The Morgan fingerprint density at radius 2 is 2.03 bits per heavy atom. The predicted molar refractivity (Wildman–Crippen MR) is 121 cm³/mol. The number of anilines is 1. The first kappa shape index (κ1) is 22.0. The molecule has 2 N–H and O–H groups in total. The number of aryl methyl sites for hydroxylation is 1. The second-order valence-corrected chi connectivity index (χ2v) is 8.06. The second kappa shape index (κ2) is 9.08. The van der Waals surface area contributed by atoms with E-state index in [9.17, 15) is 19.1 Å². The fourth-order valence-corrected chi connectivity index (χ4v) is 4.46. The van der Waals surface area contributed by atoms with Gasteiger partial charge in [-0.15, -0.1) is 0 Å². The highest BCUT2D eigenvalue weighted by Gasteiger charge is 2.28. The summed E-state index contributed by atoms with van der Waals surface area (Å²) in [6.45, 7) is 4.30. The van der Waals surface area contributed by atoms with Crippen molar-refractivity contribution in [2.45, 2.75) is 45.7 Å². The molecule has 1 aliphatic rings. The number of carbonyl (C=O) groups is 2. The number of nitrogens with zero attached hydrogens (tertiary/aromatic N) is 3. The molecule has 0 saturated carbocycles. The number of rotatable bonds is 5. The molecule has 3 aromatic rings. The summed E-state index contributed by atoms with van der Waals surface area (Å²) in [4.78, 5) is 31.6. The quantitative estimate of drug-likeness (QED) is 0.634. The van der Waals surface area contributed by atoms with Crippen LogP contribution in [0.5, 0.6) is 0 Å². The lowest BCUT2D eigenvalue weighted by atomic mass is 10.0. The lowest BCUT2D eigenvalue weighted by Gasteiger charge is -2.34. The fourth-order valence-electron chi connectivity index (χ4n) is 4.46. The molecular formula is C24H27FN4O3. The van der Waals surface area contributed by atoms with Crippen LogP contribution in [-0.4, -0.2) is 50.6 Å². The number of amides is 2. The lowest BCUT2D eigenvalue weighted by Crippen LogP contribution is -2.45. The molecule has 0 radical (unpaired) electrons. The van der Waals surface area contributed by atoms with Gasteiger partial charge in [-0.3, -0.25) is 9.59 Å². The van der Waals surface area contributed by atoms with Crippen LogP contribution in [0.2, 0.25) is 0 Å². The number of imidazole rings is 1. The highest BCUT2D eigenvalue weighted by molar-refractivity contribution is 6.05. The van der Waals surface area contributed by atoms with E-state index in [0.29, 0.717) is 46.8 Å². The van der Waals surface area contributed by atoms with Gasteiger partial charge >= 0.3 is 0 Å². The summed E-state index contributed by atoms with van der Waals surface area (Å²) < 4.78 is 16.4. The van der Waals surface area contributed by atoms with Crippen molar-refractivity contribution in [3.63, 3.8) is 0 Å². The van der Waals surface area contributed by atoms with Gasteiger partial charge in [0.2, 0.25) is 5.91 Å². The third-order valence-corrected chi connectivity index (χ3v) is 5.93. The summed E-state index contributed by atoms with van der Waals surface area (Å²) in [6, 6.07) is 9.51. The van der Waals surface area contributed by atoms with Gasteiger partial charge in [-0.05, 0) is 50.5 Å². The lowest BCUT2D eigenvalue weighted by molar-refractivity contribution is -0.114. The van der Waals surface area contributed by atoms with E-state index in [4.69, 9.17) is 0 Å². The number of benzene rings is 2. The van der Waals surface area contributed by atoms with E-state index in [1.165, 1.54) is 13.0 Å². The third-order valence-electron chi connectivity index (χ3n) is 5.93. The smallest absolute Gasteiger partial charge is 0.254 e. The van der Waals surface area contributed by atoms with Crippen molar-refractivity contribution in [3.8, 4) is 11.4 Å². The number of likely N-dealkylation sites (tertiary alicyclic amines) is 1. The highest BCUT2D eigenvalue weighted by Crippen LogP contribution is 2.33. The zero-order valence-electron chi connectivity index (χ0n) is 18.3. The molecule has 0 bridgehead atoms. The van der Waals surface area contributed by atoms with Gasteiger partial charge in [-0.25, -0.2) is 9.37 Å². The Labute approximate surface area is 185 Å². The molecule has 32 heavy (non-hydrogen) atoms. The summed E-state index contributed by atoms with van der Waals surface area (Å²) in [5, 5.41) is 12.5. The Balaban J connectivity index is 1.89. The zero-order chi connectivity index (χ0) is 22.8. The first-order valence-corrected chi connectivity index (χ1v) is 10.9. The molecule has 0 unspecified atom stereocenters. The topological polar surface area (TPSA) is 87.5 Å². The summed E-state index contributed by atoms with van der Waals surface area (Å²) >= 11 is 0. The molecule has 1 saturated heterocycles. The first-order chi connectivity index (χ1) is 15.4. The van der Waals surface area contributed by atoms with Gasteiger partial charge in [0.1, 0.15) is 11.6 Å². The van der Waals surface area contributed by atoms with E-state index < -0.39 is 5.82 Å². The van der Waals surface area contributed by atoms with Crippen LogP contribution in [0.1, 0.15) is 43.5 Å². The van der Waals surface area contributed by atoms with Crippen LogP contribution in [0.15, 0.2) is 36.4 Å². The zero-order valence-corrected chi connectivity index (χ0v) is 18.3. The van der Waals surface area contributed by atoms with Crippen molar-refractivity contribution in [2.75, 3.05) is 18.5 Å². The van der Waals surface area contributed by atoms with Crippen molar-refractivity contribution in [3.05, 3.63) is 47.8 Å². The fraction of sp³-hybridized carbons (Fsp3) is 0.375. The van der Waals surface area contributed by atoms with Gasteiger partial charge in [-0.2, -0.15) is 0 Å².